The van der Waals surface area contributed by atoms with Crippen molar-refractivity contribution in [1.29, 1.82) is 0 Å². The average molecular weight is 290 g/mol. The summed E-state index contributed by atoms with van der Waals surface area (Å²) in [5.74, 6) is -0.888. The molecule has 1 aromatic carbocycles. The van der Waals surface area contributed by atoms with E-state index in [4.69, 9.17) is 4.74 Å². The number of carboxylic acids is 1. The van der Waals surface area contributed by atoms with Crippen LogP contribution in [0.3, 0.4) is 0 Å². The lowest BCUT2D eigenvalue weighted by Crippen LogP contribution is -2.24. The Morgan fingerprint density at radius 3 is 2.65 bits per heavy atom. The first-order chi connectivity index (χ1) is 9.54. The Kier molecular flexibility index (Phi) is 4.47. The van der Waals surface area contributed by atoms with Crippen molar-refractivity contribution in [2.45, 2.75) is 13.3 Å². The highest BCUT2D eigenvalue weighted by molar-refractivity contribution is 7.11. The van der Waals surface area contributed by atoms with Crippen LogP contribution >= 0.6 is 11.3 Å². The Morgan fingerprint density at radius 2 is 2.00 bits per heavy atom. The first-order valence-electron chi connectivity index (χ1n) is 5.91. The predicted octanol–water partition coefficient (Wildman–Crippen LogP) is 1.01. The van der Waals surface area contributed by atoms with Crippen LogP contribution in [0.1, 0.15) is 21.1 Å². The van der Waals surface area contributed by atoms with Gasteiger partial charge in [-0.1, -0.05) is 17.7 Å². The van der Waals surface area contributed by atoms with Gasteiger partial charge in [0.1, 0.15) is 5.75 Å². The van der Waals surface area contributed by atoms with Gasteiger partial charge in [0.25, 0.3) is 0 Å². The number of carboxylic acid groups (broad SMARTS) is 1. The molecule has 0 aliphatic heterocycles. The minimum Gasteiger partial charge on any atom is -0.550 e. The zero-order valence-corrected chi connectivity index (χ0v) is 11.6. The zero-order valence-electron chi connectivity index (χ0n) is 10.8. The number of Topliss-reactive ketones (excluding diaryl/α,β-unsaturated/α-hetero) is 1. The lowest BCUT2D eigenvalue weighted by Gasteiger charge is -2.04. The number of aliphatic carboxylic acids is 1. The molecule has 0 saturated carbocycles. The van der Waals surface area contributed by atoms with Crippen LogP contribution in [0.4, 0.5) is 0 Å². The third kappa shape index (κ3) is 3.89. The molecule has 2 aromatic rings. The molecule has 0 aliphatic carbocycles. The zero-order chi connectivity index (χ0) is 14.5. The summed E-state index contributed by atoms with van der Waals surface area (Å²) in [5.41, 5.74) is 1.43. The maximum atomic E-state index is 11.8. The molecule has 0 N–H and O–H groups in total. The summed E-state index contributed by atoms with van der Waals surface area (Å²) in [6.45, 7) is 1.84. The van der Waals surface area contributed by atoms with E-state index in [1.54, 1.807) is 12.1 Å². The molecule has 0 amide bonds. The molecule has 2 rings (SSSR count). The van der Waals surface area contributed by atoms with E-state index in [2.05, 4.69) is 4.98 Å². The van der Waals surface area contributed by atoms with Crippen LogP contribution in [0, 0.1) is 6.92 Å². The van der Waals surface area contributed by atoms with Crippen molar-refractivity contribution < 1.29 is 19.4 Å². The number of hydrogen-bond donors (Lipinski definition) is 0. The lowest BCUT2D eigenvalue weighted by molar-refractivity contribution is -0.304. The molecule has 0 spiro atoms. The van der Waals surface area contributed by atoms with Crippen LogP contribution in [0.5, 0.6) is 5.75 Å². The highest BCUT2D eigenvalue weighted by Crippen LogP contribution is 2.14. The molecule has 0 fully saturated rings. The molecule has 0 saturated heterocycles. The second-order valence-corrected chi connectivity index (χ2v) is 5.08. The van der Waals surface area contributed by atoms with Crippen molar-refractivity contribution in [3.8, 4) is 5.75 Å². The number of carbonyl (C=O) groups is 2. The second kappa shape index (κ2) is 6.29. The number of ether oxygens (including phenoxy) is 1. The molecule has 5 nitrogen and oxygen atoms in total. The fourth-order valence-electron chi connectivity index (χ4n) is 1.51. The fraction of sp³-hybridized carbons (Fsp3) is 0.214. The van der Waals surface area contributed by atoms with Gasteiger partial charge in [-0.2, -0.15) is 0 Å². The summed E-state index contributed by atoms with van der Waals surface area (Å²) in [7, 11) is 0. The van der Waals surface area contributed by atoms with Gasteiger partial charge in [-0.15, -0.1) is 11.3 Å². The maximum absolute atomic E-state index is 11.8. The van der Waals surface area contributed by atoms with E-state index in [9.17, 15) is 14.7 Å². The summed E-state index contributed by atoms with van der Waals surface area (Å²) in [6, 6.07) is 7.35. The smallest absolute Gasteiger partial charge is 0.228 e. The molecule has 1 aromatic heterocycles. The van der Waals surface area contributed by atoms with E-state index in [1.165, 1.54) is 5.38 Å². The van der Waals surface area contributed by atoms with Crippen LogP contribution in [0.2, 0.25) is 0 Å². The van der Waals surface area contributed by atoms with Crippen LogP contribution < -0.4 is 9.84 Å². The third-order valence-electron chi connectivity index (χ3n) is 2.51. The van der Waals surface area contributed by atoms with Crippen LogP contribution in [-0.4, -0.2) is 23.3 Å². The van der Waals surface area contributed by atoms with Crippen molar-refractivity contribution in [2.75, 3.05) is 6.61 Å². The predicted molar refractivity (Wildman–Crippen MR) is 71.8 cm³/mol. The largest absolute Gasteiger partial charge is 0.550 e. The number of hydrogen-bond acceptors (Lipinski definition) is 6. The van der Waals surface area contributed by atoms with E-state index in [1.807, 2.05) is 19.1 Å². The Morgan fingerprint density at radius 1 is 1.30 bits per heavy atom. The second-order valence-electron chi connectivity index (χ2n) is 4.22. The van der Waals surface area contributed by atoms with E-state index in [0.29, 0.717) is 11.4 Å². The van der Waals surface area contributed by atoms with E-state index in [-0.39, 0.29) is 23.8 Å². The van der Waals surface area contributed by atoms with Crippen molar-refractivity contribution >= 4 is 23.1 Å². The molecule has 0 atom stereocenters. The number of carbonyl (C=O) groups excluding carboxylic acids is 2. The Hall–Kier alpha value is -2.21. The van der Waals surface area contributed by atoms with Gasteiger partial charge in [0.2, 0.25) is 5.78 Å². The molecule has 0 aliphatic rings. The number of thiazole rings is 1. The van der Waals surface area contributed by atoms with Gasteiger partial charge in [-0.25, -0.2) is 4.98 Å². The monoisotopic (exact) mass is 290 g/mol. The molecule has 0 bridgehead atoms. The molecule has 0 radical (unpaired) electrons. The number of aromatic nitrogens is 1. The number of benzene rings is 1. The number of nitrogens with zero attached hydrogens (tertiary/aromatic N) is 1. The standard InChI is InChI=1S/C14H13NO4S/c1-9-2-4-11(5-3-9)19-7-12(16)14-15-10(8-20-14)6-13(17)18/h2-5,8H,6-7H2,1H3,(H,17,18)/p-1. The minimum atomic E-state index is -1.22. The summed E-state index contributed by atoms with van der Waals surface area (Å²) < 4.78 is 5.36. The summed E-state index contributed by atoms with van der Waals surface area (Å²) >= 11 is 1.11. The van der Waals surface area contributed by atoms with Crippen molar-refractivity contribution in [2.24, 2.45) is 0 Å². The topological polar surface area (TPSA) is 79.3 Å². The molecule has 20 heavy (non-hydrogen) atoms. The highest BCUT2D eigenvalue weighted by atomic mass is 32.1. The quantitative estimate of drug-likeness (QED) is 0.742. The lowest BCUT2D eigenvalue weighted by atomic mass is 10.2. The van der Waals surface area contributed by atoms with E-state index in [0.717, 1.165) is 16.9 Å². The first-order valence-corrected chi connectivity index (χ1v) is 6.79. The van der Waals surface area contributed by atoms with E-state index < -0.39 is 5.97 Å². The first kappa shape index (κ1) is 14.2. The Bertz CT molecular complexity index is 618. The average Bonchev–Trinajstić information content (AvgIpc) is 2.85. The van der Waals surface area contributed by atoms with Crippen molar-refractivity contribution in [3.05, 3.63) is 45.9 Å². The van der Waals surface area contributed by atoms with Crippen LogP contribution in [-0.2, 0) is 11.2 Å². The summed E-state index contributed by atoms with van der Waals surface area (Å²) in [5, 5.41) is 12.2. The molecule has 0 unspecified atom stereocenters. The normalized spacial score (nSPS) is 10.2. The van der Waals surface area contributed by atoms with Crippen LogP contribution in [0.25, 0.3) is 0 Å². The SMILES string of the molecule is Cc1ccc(OCC(=O)c2nc(CC(=O)[O-])cs2)cc1. The number of ketones is 1. The third-order valence-corrected chi connectivity index (χ3v) is 3.44. The summed E-state index contributed by atoms with van der Waals surface area (Å²) in [4.78, 5) is 26.2. The molecular formula is C14H12NO4S-. The number of aryl methyl sites for hydroxylation is 1. The van der Waals surface area contributed by atoms with E-state index >= 15 is 0 Å². The Balaban J connectivity index is 1.93. The maximum Gasteiger partial charge on any atom is 0.228 e. The fourth-order valence-corrected chi connectivity index (χ4v) is 2.25. The Labute approximate surface area is 119 Å². The van der Waals surface area contributed by atoms with Gasteiger partial charge in [-0.05, 0) is 19.1 Å². The molecule has 1 heterocycles. The summed E-state index contributed by atoms with van der Waals surface area (Å²) in [6.07, 6.45) is -0.289. The molecule has 104 valence electrons. The molecular weight excluding hydrogens is 278 g/mol. The van der Waals surface area contributed by atoms with Crippen LogP contribution in [0.15, 0.2) is 29.6 Å². The van der Waals surface area contributed by atoms with Gasteiger partial charge in [0.05, 0.1) is 5.69 Å². The highest BCUT2D eigenvalue weighted by Gasteiger charge is 2.12. The van der Waals surface area contributed by atoms with Gasteiger partial charge in [0, 0.05) is 17.8 Å². The molecule has 6 heteroatoms. The van der Waals surface area contributed by atoms with Gasteiger partial charge < -0.3 is 14.6 Å². The van der Waals surface area contributed by atoms with Gasteiger partial charge >= 0.3 is 0 Å². The van der Waals surface area contributed by atoms with Gasteiger partial charge in [-0.3, -0.25) is 4.79 Å². The van der Waals surface area contributed by atoms with Gasteiger partial charge in [0.15, 0.2) is 11.6 Å². The van der Waals surface area contributed by atoms with Crippen molar-refractivity contribution in [1.82, 2.24) is 4.98 Å². The number of rotatable bonds is 6. The minimum absolute atomic E-state index is 0.124. The van der Waals surface area contributed by atoms with Crippen molar-refractivity contribution in [3.63, 3.8) is 0 Å².